The normalized spacial score (nSPS) is 11.4. The van der Waals surface area contributed by atoms with Crippen molar-refractivity contribution in [3.05, 3.63) is 0 Å². The molecule has 1 amide bonds. The van der Waals surface area contributed by atoms with Crippen LogP contribution in [-0.4, -0.2) is 30.3 Å². The third-order valence-corrected chi connectivity index (χ3v) is 2.05. The molecule has 0 unspecified atom stereocenters. The lowest BCUT2D eigenvalue weighted by Gasteiger charge is -2.06. The largest absolute Gasteiger partial charge is 0.442 e. The van der Waals surface area contributed by atoms with Crippen LogP contribution in [-0.2, 0) is 4.79 Å². The summed E-state index contributed by atoms with van der Waals surface area (Å²) in [5.41, 5.74) is 0.857. The molecule has 0 saturated heterocycles. The second-order valence-corrected chi connectivity index (χ2v) is 3.62. The van der Waals surface area contributed by atoms with Crippen LogP contribution in [0.15, 0.2) is 0 Å². The summed E-state index contributed by atoms with van der Waals surface area (Å²) < 4.78 is 34.9. The van der Waals surface area contributed by atoms with Gasteiger partial charge >= 0.3 is 5.51 Å². The topological polar surface area (TPSA) is 55.1 Å². The summed E-state index contributed by atoms with van der Waals surface area (Å²) in [5, 5.41) is 2.37. The zero-order chi connectivity index (χ0) is 11.0. The minimum absolute atomic E-state index is 0.331. The van der Waals surface area contributed by atoms with Crippen molar-refractivity contribution in [2.24, 2.45) is 5.73 Å². The average Bonchev–Trinajstić information content (AvgIpc) is 2.08. The van der Waals surface area contributed by atoms with Gasteiger partial charge in [-0.1, -0.05) is 0 Å². The molecule has 0 atom stereocenters. The van der Waals surface area contributed by atoms with Crippen LogP contribution in [0.4, 0.5) is 13.2 Å². The zero-order valence-corrected chi connectivity index (χ0v) is 8.38. The maximum absolute atomic E-state index is 11.6. The van der Waals surface area contributed by atoms with E-state index >= 15 is 0 Å². The molecule has 3 nitrogen and oxygen atoms in total. The Morgan fingerprint density at radius 3 is 2.50 bits per heavy atom. The molecule has 0 aliphatic heterocycles. The summed E-state index contributed by atoms with van der Waals surface area (Å²) in [6.45, 7) is 0.904. The Morgan fingerprint density at radius 1 is 1.36 bits per heavy atom. The molecule has 0 saturated carbocycles. The number of halogens is 3. The Hall–Kier alpha value is -0.430. The molecule has 0 radical (unpaired) electrons. The van der Waals surface area contributed by atoms with Gasteiger partial charge in [0.2, 0.25) is 5.91 Å². The summed E-state index contributed by atoms with van der Waals surface area (Å²) in [4.78, 5) is 10.8. The van der Waals surface area contributed by atoms with E-state index in [9.17, 15) is 18.0 Å². The van der Waals surface area contributed by atoms with Gasteiger partial charge in [0.05, 0.1) is 5.75 Å². The number of rotatable bonds is 6. The molecule has 0 fully saturated rings. The zero-order valence-electron chi connectivity index (χ0n) is 7.56. The van der Waals surface area contributed by atoms with Crippen LogP contribution in [0.2, 0.25) is 0 Å². The van der Waals surface area contributed by atoms with E-state index in [2.05, 4.69) is 5.32 Å². The van der Waals surface area contributed by atoms with Crippen molar-refractivity contribution in [3.8, 4) is 0 Å². The number of nitrogens with one attached hydrogen (secondary N) is 1. The number of nitrogens with two attached hydrogens (primary N) is 1. The first kappa shape index (κ1) is 13.6. The van der Waals surface area contributed by atoms with Gasteiger partial charge in [0.1, 0.15) is 0 Å². The monoisotopic (exact) mass is 230 g/mol. The van der Waals surface area contributed by atoms with Gasteiger partial charge in [-0.2, -0.15) is 13.2 Å². The second kappa shape index (κ2) is 6.94. The van der Waals surface area contributed by atoms with E-state index in [1.54, 1.807) is 0 Å². The summed E-state index contributed by atoms with van der Waals surface area (Å²) >= 11 is -0.331. The Labute approximate surface area is 84.6 Å². The number of hydrogen-bond acceptors (Lipinski definition) is 3. The first-order chi connectivity index (χ1) is 6.45. The van der Waals surface area contributed by atoms with Crippen LogP contribution in [0.1, 0.15) is 12.8 Å². The molecular formula is C7H13F3N2OS. The first-order valence-corrected chi connectivity index (χ1v) is 5.11. The molecule has 0 bridgehead atoms. The fourth-order valence-corrected chi connectivity index (χ4v) is 1.09. The number of carbonyl (C=O) groups excluding carboxylic acids is 1. The lowest BCUT2D eigenvalue weighted by atomic mass is 10.3. The van der Waals surface area contributed by atoms with Gasteiger partial charge in [0.15, 0.2) is 0 Å². The lowest BCUT2D eigenvalue weighted by molar-refractivity contribution is -0.118. The van der Waals surface area contributed by atoms with Crippen molar-refractivity contribution in [2.75, 3.05) is 18.8 Å². The number of carbonyl (C=O) groups is 1. The molecule has 7 heteroatoms. The highest BCUT2D eigenvalue weighted by atomic mass is 32.2. The number of amides is 1. The lowest BCUT2D eigenvalue weighted by Crippen LogP contribution is -2.27. The minimum atomic E-state index is -4.34. The molecule has 0 spiro atoms. The Balaban J connectivity index is 3.38. The molecule has 0 aliphatic rings. The van der Waals surface area contributed by atoms with Crippen molar-refractivity contribution < 1.29 is 18.0 Å². The van der Waals surface area contributed by atoms with Gasteiger partial charge in [-0.05, 0) is 31.1 Å². The molecule has 0 aromatic heterocycles. The number of alkyl halides is 3. The van der Waals surface area contributed by atoms with Gasteiger partial charge in [-0.3, -0.25) is 4.79 Å². The smallest absolute Gasteiger partial charge is 0.355 e. The molecule has 0 aliphatic carbocycles. The SMILES string of the molecule is NCCCCNC(=O)CSC(F)(F)F. The third-order valence-electron chi connectivity index (χ3n) is 1.32. The van der Waals surface area contributed by atoms with Gasteiger partial charge in [-0.15, -0.1) is 0 Å². The Morgan fingerprint density at radius 2 is 2.00 bits per heavy atom. The third kappa shape index (κ3) is 9.66. The van der Waals surface area contributed by atoms with E-state index in [0.717, 1.165) is 6.42 Å². The molecule has 0 aromatic rings. The fraction of sp³-hybridized carbons (Fsp3) is 0.857. The second-order valence-electron chi connectivity index (χ2n) is 2.58. The molecule has 0 aromatic carbocycles. The minimum Gasteiger partial charge on any atom is -0.355 e. The van der Waals surface area contributed by atoms with E-state index in [1.807, 2.05) is 0 Å². The molecular weight excluding hydrogens is 217 g/mol. The summed E-state index contributed by atoms with van der Waals surface area (Å²) in [5.74, 6) is -1.17. The van der Waals surface area contributed by atoms with Gasteiger partial charge < -0.3 is 11.1 Å². The average molecular weight is 230 g/mol. The maximum Gasteiger partial charge on any atom is 0.442 e. The van der Waals surface area contributed by atoms with Crippen LogP contribution in [0.25, 0.3) is 0 Å². The molecule has 3 N–H and O–H groups in total. The van der Waals surface area contributed by atoms with Crippen LogP contribution >= 0.6 is 11.8 Å². The maximum atomic E-state index is 11.6. The summed E-state index contributed by atoms with van der Waals surface area (Å²) in [7, 11) is 0. The standard InChI is InChI=1S/C7H13F3N2OS/c8-7(9,10)14-5-6(13)12-4-2-1-3-11/h1-5,11H2,(H,12,13). The van der Waals surface area contributed by atoms with Crippen LogP contribution in [0.3, 0.4) is 0 Å². The van der Waals surface area contributed by atoms with Crippen molar-refractivity contribution in [2.45, 2.75) is 18.3 Å². The molecule has 84 valence electrons. The van der Waals surface area contributed by atoms with Gasteiger partial charge in [-0.25, -0.2) is 0 Å². The summed E-state index contributed by atoms with van der Waals surface area (Å²) in [6, 6.07) is 0. The molecule has 0 rings (SSSR count). The number of thioether (sulfide) groups is 1. The highest BCUT2D eigenvalue weighted by molar-refractivity contribution is 8.00. The number of hydrogen-bond donors (Lipinski definition) is 2. The predicted molar refractivity (Wildman–Crippen MR) is 49.8 cm³/mol. The first-order valence-electron chi connectivity index (χ1n) is 4.13. The predicted octanol–water partition coefficient (Wildman–Crippen LogP) is 1.09. The van der Waals surface area contributed by atoms with Gasteiger partial charge in [0.25, 0.3) is 0 Å². The quantitative estimate of drug-likeness (QED) is 0.672. The van der Waals surface area contributed by atoms with Crippen molar-refractivity contribution >= 4 is 17.7 Å². The highest BCUT2D eigenvalue weighted by Gasteiger charge is 2.28. The molecule has 14 heavy (non-hydrogen) atoms. The molecule has 0 heterocycles. The van der Waals surface area contributed by atoms with E-state index in [4.69, 9.17) is 5.73 Å². The van der Waals surface area contributed by atoms with Crippen LogP contribution in [0, 0.1) is 0 Å². The summed E-state index contributed by atoms with van der Waals surface area (Å²) in [6.07, 6.45) is 1.45. The van der Waals surface area contributed by atoms with Gasteiger partial charge in [0, 0.05) is 6.54 Å². The van der Waals surface area contributed by atoms with E-state index < -0.39 is 17.2 Å². The van der Waals surface area contributed by atoms with Crippen LogP contribution < -0.4 is 11.1 Å². The Kier molecular flexibility index (Phi) is 6.73. The van der Waals surface area contributed by atoms with Crippen LogP contribution in [0.5, 0.6) is 0 Å². The van der Waals surface area contributed by atoms with Crippen molar-refractivity contribution in [1.29, 1.82) is 0 Å². The van der Waals surface area contributed by atoms with Crippen molar-refractivity contribution in [1.82, 2.24) is 5.32 Å². The van der Waals surface area contributed by atoms with E-state index in [0.29, 0.717) is 19.5 Å². The number of unbranched alkanes of at least 4 members (excludes halogenated alkanes) is 1. The Bertz CT molecular complexity index is 175. The fourth-order valence-electron chi connectivity index (χ4n) is 0.696. The highest BCUT2D eigenvalue weighted by Crippen LogP contribution is 2.29. The van der Waals surface area contributed by atoms with Crippen molar-refractivity contribution in [3.63, 3.8) is 0 Å². The van der Waals surface area contributed by atoms with E-state index in [-0.39, 0.29) is 11.8 Å². The van der Waals surface area contributed by atoms with E-state index in [1.165, 1.54) is 0 Å².